The Bertz CT molecular complexity index is 933. The van der Waals surface area contributed by atoms with E-state index in [1.165, 1.54) is 52.8 Å². The third kappa shape index (κ3) is 5.38. The maximum atomic E-state index is 12.5. The highest BCUT2D eigenvalue weighted by Crippen LogP contribution is 2.38. The number of aromatic nitrogens is 3. The Morgan fingerprint density at radius 1 is 1.34 bits per heavy atom. The van der Waals surface area contributed by atoms with Crippen LogP contribution >= 0.6 is 23.1 Å². The molecule has 4 rings (SSSR count). The summed E-state index contributed by atoms with van der Waals surface area (Å²) in [6.07, 6.45) is 4.91. The Morgan fingerprint density at radius 3 is 2.88 bits per heavy atom. The third-order valence-corrected chi connectivity index (χ3v) is 8.99. The number of carbonyl (C=O) groups excluding carboxylic acids is 1. The summed E-state index contributed by atoms with van der Waals surface area (Å²) in [6.45, 7) is 10.6. The molecule has 9 heteroatoms. The van der Waals surface area contributed by atoms with Crippen LogP contribution in [0, 0.1) is 5.92 Å². The highest BCUT2D eigenvalue weighted by atomic mass is 32.2. The zero-order valence-electron chi connectivity index (χ0n) is 19.6. The molecule has 0 unspecified atom stereocenters. The number of morpholine rings is 1. The number of hydrogen-bond donors (Lipinski definition) is 1. The first kappa shape index (κ1) is 23.7. The fourth-order valence-electron chi connectivity index (χ4n) is 4.49. The first-order valence-corrected chi connectivity index (χ1v) is 13.4. The molecule has 1 aliphatic carbocycles. The second-order valence-electron chi connectivity index (χ2n) is 9.42. The monoisotopic (exact) mass is 477 g/mol. The van der Waals surface area contributed by atoms with Crippen molar-refractivity contribution in [2.75, 3.05) is 38.6 Å². The second kappa shape index (κ2) is 10.2. The van der Waals surface area contributed by atoms with Crippen LogP contribution in [0.25, 0.3) is 10.7 Å². The number of rotatable bonds is 8. The number of carbonyl (C=O) groups is 1. The predicted molar refractivity (Wildman–Crippen MR) is 130 cm³/mol. The van der Waals surface area contributed by atoms with Crippen LogP contribution in [-0.4, -0.2) is 69.7 Å². The number of thioether (sulfide) groups is 1. The number of hydrogen-bond acceptors (Lipinski definition) is 7. The van der Waals surface area contributed by atoms with Crippen molar-refractivity contribution in [1.29, 1.82) is 0 Å². The van der Waals surface area contributed by atoms with E-state index in [4.69, 9.17) is 4.74 Å². The summed E-state index contributed by atoms with van der Waals surface area (Å²) in [4.78, 5) is 17.6. The van der Waals surface area contributed by atoms with Crippen molar-refractivity contribution in [3.05, 3.63) is 16.5 Å². The normalized spacial score (nSPS) is 19.7. The number of fused-ring (bicyclic) bond motifs is 1. The van der Waals surface area contributed by atoms with E-state index >= 15 is 0 Å². The van der Waals surface area contributed by atoms with E-state index in [1.54, 1.807) is 0 Å². The second-order valence-corrected chi connectivity index (χ2v) is 11.5. The molecule has 176 valence electrons. The maximum Gasteiger partial charge on any atom is 0.230 e. The SMILES string of the molecule is CC[C@@H]1CCc2sc(-c3nnc(SCC(=O)NCC(C)(C)N4CCOCC4)n3C)cc2C1. The average Bonchev–Trinajstić information content (AvgIpc) is 3.39. The minimum atomic E-state index is -0.0862. The summed E-state index contributed by atoms with van der Waals surface area (Å²) in [5.74, 6) is 2.07. The number of nitrogens with zero attached hydrogens (tertiary/aromatic N) is 4. The molecule has 1 amide bonds. The van der Waals surface area contributed by atoms with Crippen molar-refractivity contribution in [3.63, 3.8) is 0 Å². The Labute approximate surface area is 199 Å². The highest BCUT2D eigenvalue weighted by molar-refractivity contribution is 7.99. The van der Waals surface area contributed by atoms with Crippen LogP contribution in [0.1, 0.15) is 44.1 Å². The van der Waals surface area contributed by atoms with E-state index < -0.39 is 0 Å². The van der Waals surface area contributed by atoms with Crippen LogP contribution in [0.4, 0.5) is 0 Å². The van der Waals surface area contributed by atoms with Crippen molar-refractivity contribution in [2.45, 2.75) is 57.1 Å². The molecule has 1 fully saturated rings. The van der Waals surface area contributed by atoms with Gasteiger partial charge in [0.25, 0.3) is 0 Å². The molecule has 2 aromatic rings. The van der Waals surface area contributed by atoms with Gasteiger partial charge in [-0.25, -0.2) is 0 Å². The summed E-state index contributed by atoms with van der Waals surface area (Å²) in [5, 5.41) is 12.7. The van der Waals surface area contributed by atoms with Crippen molar-refractivity contribution in [1.82, 2.24) is 25.0 Å². The molecule has 0 radical (unpaired) electrons. The van der Waals surface area contributed by atoms with Crippen LogP contribution in [0.15, 0.2) is 11.2 Å². The maximum absolute atomic E-state index is 12.5. The largest absolute Gasteiger partial charge is 0.379 e. The molecule has 2 aromatic heterocycles. The zero-order chi connectivity index (χ0) is 22.7. The molecular formula is C23H35N5O2S2. The molecule has 32 heavy (non-hydrogen) atoms. The Kier molecular flexibility index (Phi) is 7.59. The van der Waals surface area contributed by atoms with Crippen LogP contribution < -0.4 is 5.32 Å². The summed E-state index contributed by atoms with van der Waals surface area (Å²) < 4.78 is 7.46. The quantitative estimate of drug-likeness (QED) is 0.588. The molecular weight excluding hydrogens is 442 g/mol. The lowest BCUT2D eigenvalue weighted by Gasteiger charge is -2.40. The number of nitrogens with one attached hydrogen (secondary N) is 1. The van der Waals surface area contributed by atoms with Crippen LogP contribution in [0.5, 0.6) is 0 Å². The third-order valence-electron chi connectivity index (χ3n) is 6.74. The zero-order valence-corrected chi connectivity index (χ0v) is 21.3. The Hall–Kier alpha value is -1.42. The highest BCUT2D eigenvalue weighted by Gasteiger charge is 2.28. The van der Waals surface area contributed by atoms with Crippen molar-refractivity contribution in [2.24, 2.45) is 13.0 Å². The standard InChI is InChI=1S/C23H35N5O2S2/c1-5-16-6-7-18-17(12-16)13-19(32-18)21-25-26-22(27(21)4)31-14-20(29)24-15-23(2,3)28-8-10-30-11-9-28/h13,16H,5-12,14-15H2,1-4H3,(H,24,29)/t16-/m1/s1. The fraction of sp³-hybridized carbons (Fsp3) is 0.696. The van der Waals surface area contributed by atoms with E-state index in [0.29, 0.717) is 12.3 Å². The van der Waals surface area contributed by atoms with Crippen LogP contribution in [-0.2, 0) is 29.4 Å². The number of aryl methyl sites for hydroxylation is 1. The van der Waals surface area contributed by atoms with Gasteiger partial charge in [0.05, 0.1) is 23.8 Å². The molecule has 0 aromatic carbocycles. The molecule has 1 aliphatic heterocycles. The van der Waals surface area contributed by atoms with Gasteiger partial charge in [0.1, 0.15) is 0 Å². The first-order valence-electron chi connectivity index (χ1n) is 11.6. The predicted octanol–water partition coefficient (Wildman–Crippen LogP) is 3.38. The van der Waals surface area contributed by atoms with E-state index in [0.717, 1.165) is 43.2 Å². The molecule has 2 aliphatic rings. The molecule has 1 N–H and O–H groups in total. The molecule has 3 heterocycles. The molecule has 1 atom stereocenters. The van der Waals surface area contributed by atoms with E-state index in [1.807, 2.05) is 23.0 Å². The van der Waals surface area contributed by atoms with Crippen molar-refractivity contribution < 1.29 is 9.53 Å². The lowest BCUT2D eigenvalue weighted by molar-refractivity contribution is -0.119. The number of thiophene rings is 1. The van der Waals surface area contributed by atoms with Gasteiger partial charge in [-0.15, -0.1) is 21.5 Å². The van der Waals surface area contributed by atoms with Crippen LogP contribution in [0.3, 0.4) is 0 Å². The van der Waals surface area contributed by atoms with E-state index in [-0.39, 0.29) is 11.4 Å². The number of ether oxygens (including phenoxy) is 1. The van der Waals surface area contributed by atoms with E-state index in [2.05, 4.69) is 47.3 Å². The van der Waals surface area contributed by atoms with Gasteiger partial charge in [0.2, 0.25) is 5.91 Å². The topological polar surface area (TPSA) is 72.3 Å². The fourth-order valence-corrected chi connectivity index (χ4v) is 6.46. The summed E-state index contributed by atoms with van der Waals surface area (Å²) >= 11 is 3.30. The molecule has 0 bridgehead atoms. The summed E-state index contributed by atoms with van der Waals surface area (Å²) in [7, 11) is 1.99. The molecule has 0 spiro atoms. The van der Waals surface area contributed by atoms with Gasteiger partial charge in [-0.1, -0.05) is 25.1 Å². The van der Waals surface area contributed by atoms with Gasteiger partial charge >= 0.3 is 0 Å². The summed E-state index contributed by atoms with van der Waals surface area (Å²) in [5.41, 5.74) is 1.40. The van der Waals surface area contributed by atoms with Gasteiger partial charge in [0, 0.05) is 37.1 Å². The van der Waals surface area contributed by atoms with E-state index in [9.17, 15) is 4.79 Å². The van der Waals surface area contributed by atoms with Gasteiger partial charge in [-0.3, -0.25) is 9.69 Å². The van der Waals surface area contributed by atoms with Crippen LogP contribution in [0.2, 0.25) is 0 Å². The molecule has 7 nitrogen and oxygen atoms in total. The number of amides is 1. The molecule has 0 saturated carbocycles. The van der Waals surface area contributed by atoms with Gasteiger partial charge in [0.15, 0.2) is 11.0 Å². The summed E-state index contributed by atoms with van der Waals surface area (Å²) in [6, 6.07) is 2.31. The lowest BCUT2D eigenvalue weighted by atomic mass is 9.87. The minimum absolute atomic E-state index is 0.0260. The first-order chi connectivity index (χ1) is 15.4. The smallest absolute Gasteiger partial charge is 0.230 e. The average molecular weight is 478 g/mol. The Morgan fingerprint density at radius 2 is 2.12 bits per heavy atom. The van der Waals surface area contributed by atoms with Crippen molar-refractivity contribution >= 4 is 29.0 Å². The lowest BCUT2D eigenvalue weighted by Crippen LogP contribution is -2.55. The van der Waals surface area contributed by atoms with Gasteiger partial charge in [-0.2, -0.15) is 0 Å². The Balaban J connectivity index is 1.31. The minimum Gasteiger partial charge on any atom is -0.379 e. The van der Waals surface area contributed by atoms with Crippen molar-refractivity contribution in [3.8, 4) is 10.7 Å². The van der Waals surface area contributed by atoms with Gasteiger partial charge in [-0.05, 0) is 50.7 Å². The molecule has 1 saturated heterocycles. The van der Waals surface area contributed by atoms with Gasteiger partial charge < -0.3 is 14.6 Å².